The van der Waals surface area contributed by atoms with Crippen molar-refractivity contribution in [3.8, 4) is 0 Å². The monoisotopic (exact) mass is 320 g/mol. The van der Waals surface area contributed by atoms with Gasteiger partial charge in [-0.1, -0.05) is 6.07 Å². The number of rotatable bonds is 2. The SMILES string of the molecule is Cc1cc(C(=O)Cl)cc(C(O)(C(F)(F)F)C(F)(F)F)c1. The Balaban J connectivity index is 3.64. The molecular formula is C11H7ClF6O2. The van der Waals surface area contributed by atoms with Crippen LogP contribution in [0.15, 0.2) is 18.2 Å². The number of halogens is 7. The first-order valence-corrected chi connectivity index (χ1v) is 5.36. The first-order chi connectivity index (χ1) is 8.80. The van der Waals surface area contributed by atoms with E-state index in [2.05, 4.69) is 0 Å². The van der Waals surface area contributed by atoms with Gasteiger partial charge < -0.3 is 5.11 Å². The molecule has 0 atom stereocenters. The molecule has 0 aromatic heterocycles. The summed E-state index contributed by atoms with van der Waals surface area (Å²) < 4.78 is 76.0. The molecule has 1 N–H and O–H groups in total. The summed E-state index contributed by atoms with van der Waals surface area (Å²) in [6.07, 6.45) is -12.0. The van der Waals surface area contributed by atoms with E-state index in [1.54, 1.807) is 0 Å². The van der Waals surface area contributed by atoms with Gasteiger partial charge in [0.15, 0.2) is 0 Å². The van der Waals surface area contributed by atoms with Gasteiger partial charge in [-0.2, -0.15) is 26.3 Å². The Kier molecular flexibility index (Phi) is 4.13. The molecule has 0 fully saturated rings. The van der Waals surface area contributed by atoms with Crippen molar-refractivity contribution in [2.45, 2.75) is 24.9 Å². The molecule has 20 heavy (non-hydrogen) atoms. The lowest BCUT2D eigenvalue weighted by Crippen LogP contribution is -2.54. The molecular weight excluding hydrogens is 314 g/mol. The predicted octanol–water partition coefficient (Wildman–Crippen LogP) is 3.69. The largest absolute Gasteiger partial charge is 0.430 e. The third-order valence-corrected chi connectivity index (χ3v) is 2.76. The molecule has 112 valence electrons. The second-order valence-corrected chi connectivity index (χ2v) is 4.41. The number of hydrogen-bond donors (Lipinski definition) is 1. The Morgan fingerprint density at radius 2 is 1.50 bits per heavy atom. The molecule has 0 spiro atoms. The van der Waals surface area contributed by atoms with E-state index in [9.17, 15) is 36.2 Å². The zero-order chi connectivity index (χ0) is 15.9. The van der Waals surface area contributed by atoms with Crippen LogP contribution in [0.1, 0.15) is 21.5 Å². The number of hydrogen-bond acceptors (Lipinski definition) is 2. The maximum Gasteiger partial charge on any atom is 0.430 e. The van der Waals surface area contributed by atoms with Gasteiger partial charge in [-0.15, -0.1) is 0 Å². The second-order valence-electron chi connectivity index (χ2n) is 4.07. The predicted molar refractivity (Wildman–Crippen MR) is 57.4 cm³/mol. The van der Waals surface area contributed by atoms with Crippen molar-refractivity contribution in [2.24, 2.45) is 0 Å². The van der Waals surface area contributed by atoms with Gasteiger partial charge in [0, 0.05) is 11.1 Å². The van der Waals surface area contributed by atoms with Gasteiger partial charge in [-0.3, -0.25) is 4.79 Å². The van der Waals surface area contributed by atoms with Crippen LogP contribution in [0.25, 0.3) is 0 Å². The van der Waals surface area contributed by atoms with E-state index in [-0.39, 0.29) is 11.6 Å². The van der Waals surface area contributed by atoms with Gasteiger partial charge in [-0.05, 0) is 36.2 Å². The van der Waals surface area contributed by atoms with E-state index < -0.39 is 34.3 Å². The molecule has 2 nitrogen and oxygen atoms in total. The summed E-state index contributed by atoms with van der Waals surface area (Å²) in [6.45, 7) is 1.17. The minimum absolute atomic E-state index is 0.0848. The molecule has 0 aliphatic carbocycles. The second kappa shape index (κ2) is 4.92. The van der Waals surface area contributed by atoms with Crippen molar-refractivity contribution in [1.82, 2.24) is 0 Å². The van der Waals surface area contributed by atoms with E-state index >= 15 is 0 Å². The number of aliphatic hydroxyl groups is 1. The molecule has 0 amide bonds. The Bertz CT molecular complexity index is 521. The molecule has 0 saturated heterocycles. The molecule has 0 unspecified atom stereocenters. The lowest BCUT2D eigenvalue weighted by Gasteiger charge is -2.33. The number of alkyl halides is 6. The van der Waals surface area contributed by atoms with Crippen LogP contribution in [0, 0.1) is 6.92 Å². The molecule has 0 heterocycles. The number of carbonyl (C=O) groups excluding carboxylic acids is 1. The Hall–Kier alpha value is -1.28. The van der Waals surface area contributed by atoms with Crippen LogP contribution in [0.3, 0.4) is 0 Å². The molecule has 1 aromatic rings. The van der Waals surface area contributed by atoms with E-state index in [1.807, 2.05) is 0 Å². The van der Waals surface area contributed by atoms with Crippen molar-refractivity contribution in [3.63, 3.8) is 0 Å². The summed E-state index contributed by atoms with van der Waals surface area (Å²) in [4.78, 5) is 10.9. The van der Waals surface area contributed by atoms with Crippen LogP contribution in [0.2, 0.25) is 0 Å². The van der Waals surface area contributed by atoms with Gasteiger partial charge in [-0.25, -0.2) is 0 Å². The highest BCUT2D eigenvalue weighted by molar-refractivity contribution is 6.67. The number of benzene rings is 1. The summed E-state index contributed by atoms with van der Waals surface area (Å²) in [7, 11) is 0. The highest BCUT2D eigenvalue weighted by atomic mass is 35.5. The minimum Gasteiger partial charge on any atom is -0.369 e. The van der Waals surface area contributed by atoms with Crippen LogP contribution in [0.5, 0.6) is 0 Å². The minimum atomic E-state index is -6.01. The summed E-state index contributed by atoms with van der Waals surface area (Å²) in [5.74, 6) is 0. The highest BCUT2D eigenvalue weighted by Gasteiger charge is 2.71. The van der Waals surface area contributed by atoms with Gasteiger partial charge in [0.1, 0.15) is 0 Å². The van der Waals surface area contributed by atoms with Gasteiger partial charge in [0.2, 0.25) is 0 Å². The van der Waals surface area contributed by atoms with E-state index in [4.69, 9.17) is 11.6 Å². The molecule has 0 saturated carbocycles. The number of aryl methyl sites for hydroxylation is 1. The molecule has 0 aliphatic rings. The highest BCUT2D eigenvalue weighted by Crippen LogP contribution is 2.50. The first-order valence-electron chi connectivity index (χ1n) is 4.98. The van der Waals surface area contributed by atoms with Crippen LogP contribution in [-0.4, -0.2) is 22.7 Å². The van der Waals surface area contributed by atoms with Crippen molar-refractivity contribution in [2.75, 3.05) is 0 Å². The third kappa shape index (κ3) is 2.76. The Morgan fingerprint density at radius 3 is 1.85 bits per heavy atom. The zero-order valence-electron chi connectivity index (χ0n) is 9.73. The van der Waals surface area contributed by atoms with Crippen LogP contribution in [0.4, 0.5) is 26.3 Å². The Morgan fingerprint density at radius 1 is 1.05 bits per heavy atom. The zero-order valence-corrected chi connectivity index (χ0v) is 10.5. The van der Waals surface area contributed by atoms with Crippen LogP contribution >= 0.6 is 11.6 Å². The first kappa shape index (κ1) is 16.8. The van der Waals surface area contributed by atoms with Crippen LogP contribution in [-0.2, 0) is 5.60 Å². The lowest BCUT2D eigenvalue weighted by atomic mass is 9.90. The van der Waals surface area contributed by atoms with Crippen LogP contribution < -0.4 is 0 Å². The topological polar surface area (TPSA) is 37.3 Å². The average Bonchev–Trinajstić information content (AvgIpc) is 2.23. The molecule has 1 aromatic carbocycles. The summed E-state index contributed by atoms with van der Waals surface area (Å²) in [5.41, 5.74) is -7.25. The van der Waals surface area contributed by atoms with E-state index in [0.29, 0.717) is 6.07 Å². The van der Waals surface area contributed by atoms with E-state index in [0.717, 1.165) is 6.07 Å². The molecule has 0 radical (unpaired) electrons. The van der Waals surface area contributed by atoms with Crippen molar-refractivity contribution in [3.05, 3.63) is 34.9 Å². The summed E-state index contributed by atoms with van der Waals surface area (Å²) in [6, 6.07) is 1.76. The molecule has 1 rings (SSSR count). The fourth-order valence-corrected chi connectivity index (χ4v) is 1.70. The summed E-state index contributed by atoms with van der Waals surface area (Å²) >= 11 is 5.04. The maximum atomic E-state index is 12.7. The molecule has 0 aliphatic heterocycles. The standard InChI is InChI=1S/C11H7ClF6O2/c1-5-2-6(8(12)19)4-7(3-5)9(20,10(13,14)15)11(16,17)18/h2-4,20H,1H3. The normalized spacial score (nSPS) is 13.4. The maximum absolute atomic E-state index is 12.7. The van der Waals surface area contributed by atoms with Crippen molar-refractivity contribution in [1.29, 1.82) is 0 Å². The van der Waals surface area contributed by atoms with Gasteiger partial charge in [0.05, 0.1) is 0 Å². The number of carbonyl (C=O) groups is 1. The van der Waals surface area contributed by atoms with Crippen molar-refractivity contribution < 1.29 is 36.2 Å². The third-order valence-electron chi connectivity index (χ3n) is 2.54. The quantitative estimate of drug-likeness (QED) is 0.666. The van der Waals surface area contributed by atoms with Gasteiger partial charge >= 0.3 is 12.4 Å². The molecule has 0 bridgehead atoms. The smallest absolute Gasteiger partial charge is 0.369 e. The fraction of sp³-hybridized carbons (Fsp3) is 0.364. The Labute approximate surface area is 114 Å². The summed E-state index contributed by atoms with van der Waals surface area (Å²) in [5, 5.41) is 7.95. The fourth-order valence-electron chi connectivity index (χ4n) is 1.59. The van der Waals surface area contributed by atoms with Crippen molar-refractivity contribution >= 4 is 16.8 Å². The van der Waals surface area contributed by atoms with E-state index in [1.165, 1.54) is 6.92 Å². The average molecular weight is 321 g/mol. The van der Waals surface area contributed by atoms with Gasteiger partial charge in [0.25, 0.3) is 10.8 Å². The lowest BCUT2D eigenvalue weighted by molar-refractivity contribution is -0.376. The molecule has 9 heteroatoms.